The molecule has 1 N–H and O–H groups in total. The maximum Gasteiger partial charge on any atom is 0.312 e. The summed E-state index contributed by atoms with van der Waals surface area (Å²) in [5.74, 6) is -0.176. The molecule has 4 aromatic rings. The Morgan fingerprint density at radius 1 is 0.703 bits per heavy atom. The molecule has 0 fully saturated rings. The van der Waals surface area contributed by atoms with E-state index >= 15 is 0 Å². The summed E-state index contributed by atoms with van der Waals surface area (Å²) in [6.07, 6.45) is 0.768. The molecule has 0 aliphatic rings. The highest BCUT2D eigenvalue weighted by molar-refractivity contribution is 5.77. The van der Waals surface area contributed by atoms with E-state index < -0.39 is 11.0 Å². The van der Waals surface area contributed by atoms with Crippen LogP contribution in [-0.2, 0) is 15.1 Å². The lowest BCUT2D eigenvalue weighted by molar-refractivity contribution is -0.154. The molecule has 0 saturated heterocycles. The quantitative estimate of drug-likeness (QED) is 0.176. The first kappa shape index (κ1) is 26.4. The van der Waals surface area contributed by atoms with Gasteiger partial charge in [0.2, 0.25) is 0 Å². The number of carbonyl (C=O) groups excluding carboxylic acids is 1. The van der Waals surface area contributed by atoms with E-state index in [1.165, 1.54) is 16.7 Å². The van der Waals surface area contributed by atoms with Crippen LogP contribution in [0.25, 0.3) is 0 Å². The van der Waals surface area contributed by atoms with Crippen molar-refractivity contribution in [3.63, 3.8) is 0 Å². The maximum atomic E-state index is 13.1. The van der Waals surface area contributed by atoms with E-state index in [4.69, 9.17) is 4.74 Å². The van der Waals surface area contributed by atoms with E-state index in [0.29, 0.717) is 13.2 Å². The fourth-order valence-electron chi connectivity index (χ4n) is 5.36. The van der Waals surface area contributed by atoms with E-state index in [2.05, 4.69) is 108 Å². The van der Waals surface area contributed by atoms with Crippen molar-refractivity contribution < 1.29 is 9.53 Å². The minimum absolute atomic E-state index is 0.0136. The molecule has 37 heavy (non-hydrogen) atoms. The Labute approximate surface area is 221 Å². The minimum Gasteiger partial charge on any atom is -0.466 e. The van der Waals surface area contributed by atoms with Crippen molar-refractivity contribution in [3.05, 3.63) is 144 Å². The number of benzene rings is 4. The maximum absolute atomic E-state index is 13.1. The molecule has 0 bridgehead atoms. The zero-order valence-corrected chi connectivity index (χ0v) is 22.1. The summed E-state index contributed by atoms with van der Waals surface area (Å²) in [5.41, 5.74) is 3.45. The molecule has 0 spiro atoms. The van der Waals surface area contributed by atoms with Crippen LogP contribution in [-0.4, -0.2) is 19.1 Å². The lowest BCUT2D eigenvalue weighted by Gasteiger charge is -2.39. The molecule has 0 amide bonds. The van der Waals surface area contributed by atoms with Crippen LogP contribution in [0.1, 0.15) is 55.4 Å². The van der Waals surface area contributed by atoms with Crippen LogP contribution in [0, 0.1) is 5.41 Å². The highest BCUT2D eigenvalue weighted by Gasteiger charge is 2.40. The fourth-order valence-corrected chi connectivity index (χ4v) is 5.36. The van der Waals surface area contributed by atoms with E-state index in [1.807, 2.05) is 39.0 Å². The van der Waals surface area contributed by atoms with Crippen LogP contribution in [0.5, 0.6) is 0 Å². The van der Waals surface area contributed by atoms with Crippen molar-refractivity contribution in [2.45, 2.75) is 38.6 Å². The normalized spacial score (nSPS) is 12.6. The van der Waals surface area contributed by atoms with Crippen molar-refractivity contribution in [2.75, 3.05) is 13.2 Å². The molecule has 0 aliphatic heterocycles. The summed E-state index contributed by atoms with van der Waals surface area (Å²) in [4.78, 5) is 13.1. The van der Waals surface area contributed by atoms with Crippen LogP contribution in [0.4, 0.5) is 0 Å². The molecule has 0 saturated carbocycles. The third-order valence-electron chi connectivity index (χ3n) is 7.32. The second kappa shape index (κ2) is 12.0. The van der Waals surface area contributed by atoms with Gasteiger partial charge in [0.1, 0.15) is 0 Å². The second-order valence-electron chi connectivity index (χ2n) is 9.97. The predicted molar refractivity (Wildman–Crippen MR) is 151 cm³/mol. The number of nitrogens with one attached hydrogen (secondary N) is 1. The van der Waals surface area contributed by atoms with E-state index in [-0.39, 0.29) is 11.9 Å². The van der Waals surface area contributed by atoms with Gasteiger partial charge >= 0.3 is 5.97 Å². The first-order valence-corrected chi connectivity index (χ1v) is 13.1. The minimum atomic E-state index is -0.673. The summed E-state index contributed by atoms with van der Waals surface area (Å²) in [7, 11) is 0. The van der Waals surface area contributed by atoms with Crippen LogP contribution in [0.2, 0.25) is 0 Å². The van der Waals surface area contributed by atoms with Gasteiger partial charge in [-0.15, -0.1) is 0 Å². The summed E-state index contributed by atoms with van der Waals surface area (Å²) in [5, 5.41) is 3.97. The van der Waals surface area contributed by atoms with Crippen molar-refractivity contribution in [3.8, 4) is 0 Å². The van der Waals surface area contributed by atoms with E-state index in [0.717, 1.165) is 12.0 Å². The van der Waals surface area contributed by atoms with Crippen LogP contribution in [0.15, 0.2) is 121 Å². The van der Waals surface area contributed by atoms with Gasteiger partial charge in [-0.25, -0.2) is 0 Å². The Kier molecular flexibility index (Phi) is 8.58. The Balaban J connectivity index is 1.74. The smallest absolute Gasteiger partial charge is 0.312 e. The van der Waals surface area contributed by atoms with Crippen molar-refractivity contribution in [2.24, 2.45) is 5.41 Å². The Bertz CT molecular complexity index is 1140. The van der Waals surface area contributed by atoms with Crippen molar-refractivity contribution in [1.82, 2.24) is 5.32 Å². The molecule has 1 atom stereocenters. The molecular weight excluding hydrogens is 454 g/mol. The SMILES string of the molecule is CCOC(=O)C(C)(C)C(CCNC(c1ccccc1)(c1ccccc1)c1ccccc1)c1ccccc1. The topological polar surface area (TPSA) is 38.3 Å². The average Bonchev–Trinajstić information content (AvgIpc) is 2.95. The third kappa shape index (κ3) is 5.68. The van der Waals surface area contributed by atoms with Gasteiger partial charge in [0.15, 0.2) is 0 Å². The lowest BCUT2D eigenvalue weighted by Crippen LogP contribution is -2.46. The van der Waals surface area contributed by atoms with Gasteiger partial charge in [0, 0.05) is 5.92 Å². The highest BCUT2D eigenvalue weighted by atomic mass is 16.5. The average molecular weight is 492 g/mol. The number of rotatable bonds is 11. The first-order valence-electron chi connectivity index (χ1n) is 13.1. The molecule has 4 rings (SSSR count). The zero-order valence-electron chi connectivity index (χ0n) is 22.1. The molecule has 0 aliphatic carbocycles. The van der Waals surface area contributed by atoms with Crippen LogP contribution in [0.3, 0.4) is 0 Å². The number of esters is 1. The number of ether oxygens (including phenoxy) is 1. The predicted octanol–water partition coefficient (Wildman–Crippen LogP) is 7.33. The zero-order chi connectivity index (χ0) is 26.1. The largest absolute Gasteiger partial charge is 0.466 e. The number of hydrogen-bond acceptors (Lipinski definition) is 3. The van der Waals surface area contributed by atoms with Crippen molar-refractivity contribution in [1.29, 1.82) is 0 Å². The molecule has 0 heterocycles. The monoisotopic (exact) mass is 491 g/mol. The summed E-state index contributed by atoms with van der Waals surface area (Å²) in [6.45, 7) is 6.94. The lowest BCUT2D eigenvalue weighted by atomic mass is 9.72. The molecule has 190 valence electrons. The highest BCUT2D eigenvalue weighted by Crippen LogP contribution is 2.41. The molecule has 3 nitrogen and oxygen atoms in total. The molecule has 1 unspecified atom stereocenters. The van der Waals surface area contributed by atoms with Gasteiger partial charge < -0.3 is 4.74 Å². The molecular formula is C34H37NO2. The Morgan fingerprint density at radius 3 is 1.51 bits per heavy atom. The summed E-state index contributed by atoms with van der Waals surface area (Å²) >= 11 is 0. The van der Waals surface area contributed by atoms with Gasteiger partial charge in [-0.05, 0) is 56.0 Å². The Morgan fingerprint density at radius 2 is 1.11 bits per heavy atom. The standard InChI is InChI=1S/C34H37NO2/c1-4-37-32(36)33(2,3)31(27-17-9-5-10-18-27)25-26-35-34(28-19-11-6-12-20-28,29-21-13-7-14-22-29)30-23-15-8-16-24-30/h5-24,31,35H,4,25-26H2,1-3H3. The summed E-state index contributed by atoms with van der Waals surface area (Å²) in [6, 6.07) is 42.1. The first-order chi connectivity index (χ1) is 18.0. The van der Waals surface area contributed by atoms with E-state index in [1.54, 1.807) is 0 Å². The van der Waals surface area contributed by atoms with Crippen molar-refractivity contribution >= 4 is 5.97 Å². The number of carbonyl (C=O) groups is 1. The molecule has 3 heteroatoms. The van der Waals surface area contributed by atoms with E-state index in [9.17, 15) is 4.79 Å². The van der Waals surface area contributed by atoms with Gasteiger partial charge in [-0.3, -0.25) is 10.1 Å². The second-order valence-corrected chi connectivity index (χ2v) is 9.97. The fraction of sp³-hybridized carbons (Fsp3) is 0.265. The van der Waals surface area contributed by atoms with Crippen LogP contribution >= 0.6 is 0 Å². The summed E-state index contributed by atoms with van der Waals surface area (Å²) < 4.78 is 5.51. The number of hydrogen-bond donors (Lipinski definition) is 1. The Hall–Kier alpha value is -3.69. The molecule has 4 aromatic carbocycles. The van der Waals surface area contributed by atoms with Gasteiger partial charge in [0.05, 0.1) is 17.6 Å². The van der Waals surface area contributed by atoms with Gasteiger partial charge in [-0.1, -0.05) is 121 Å². The molecule has 0 aromatic heterocycles. The molecule has 0 radical (unpaired) electrons. The van der Waals surface area contributed by atoms with Gasteiger partial charge in [-0.2, -0.15) is 0 Å². The van der Waals surface area contributed by atoms with Crippen LogP contribution < -0.4 is 5.32 Å². The van der Waals surface area contributed by atoms with Gasteiger partial charge in [0.25, 0.3) is 0 Å². The third-order valence-corrected chi connectivity index (χ3v) is 7.32.